The highest BCUT2D eigenvalue weighted by Gasteiger charge is 2.52. The van der Waals surface area contributed by atoms with Crippen molar-refractivity contribution in [3.8, 4) is 0 Å². The Balaban J connectivity index is 1.83. The zero-order valence-corrected chi connectivity index (χ0v) is 15.0. The number of carbonyl (C=O) groups excluding carboxylic acids is 1. The molecule has 0 spiro atoms. The Labute approximate surface area is 143 Å². The van der Waals surface area contributed by atoms with Crippen LogP contribution in [0.5, 0.6) is 0 Å². The Kier molecular flexibility index (Phi) is 4.02. The van der Waals surface area contributed by atoms with E-state index in [-0.39, 0.29) is 17.3 Å². The molecule has 2 unspecified atom stereocenters. The van der Waals surface area contributed by atoms with Crippen molar-refractivity contribution in [1.29, 1.82) is 0 Å². The summed E-state index contributed by atoms with van der Waals surface area (Å²) in [5, 5.41) is 3.00. The lowest BCUT2D eigenvalue weighted by Gasteiger charge is -2.32. The second-order valence-corrected chi connectivity index (χ2v) is 8.05. The molecule has 1 N–H and O–H groups in total. The summed E-state index contributed by atoms with van der Waals surface area (Å²) in [5.74, 6) is -0.101. The third-order valence-electron chi connectivity index (χ3n) is 5.08. The van der Waals surface area contributed by atoms with E-state index >= 15 is 0 Å². The first kappa shape index (κ1) is 16.8. The van der Waals surface area contributed by atoms with Gasteiger partial charge in [-0.25, -0.2) is 0 Å². The van der Waals surface area contributed by atoms with Gasteiger partial charge in [0.15, 0.2) is 0 Å². The van der Waals surface area contributed by atoms with Crippen LogP contribution in [0, 0.1) is 6.92 Å². The molecule has 4 nitrogen and oxygen atoms in total. The standard InChI is InChI=1S/C17H23BClNO3/c1-10-6-7-11(15(21)20-14-9-13(14)19)8-12(10)18-22-16(2,3)17(4,5)23-18/h6-8,13-14H,9H2,1-5H3,(H,20,21). The number of hydrogen-bond acceptors (Lipinski definition) is 3. The zero-order chi connectivity index (χ0) is 17.0. The molecule has 1 aliphatic heterocycles. The normalized spacial score (nSPS) is 27.8. The Hall–Kier alpha value is -1.04. The van der Waals surface area contributed by atoms with E-state index < -0.39 is 18.3 Å². The molecule has 124 valence electrons. The SMILES string of the molecule is Cc1ccc(C(=O)NC2CC2Cl)cc1B1OC(C)(C)C(C)(C)O1. The summed E-state index contributed by atoms with van der Waals surface area (Å²) in [6.07, 6.45) is 0.837. The van der Waals surface area contributed by atoms with Gasteiger partial charge in [0.25, 0.3) is 5.91 Å². The molecular formula is C17H23BClNO3. The average Bonchev–Trinajstić information content (AvgIpc) is 3.06. The van der Waals surface area contributed by atoms with Gasteiger partial charge in [-0.15, -0.1) is 11.6 Å². The second kappa shape index (κ2) is 5.50. The summed E-state index contributed by atoms with van der Waals surface area (Å²) in [5.41, 5.74) is 1.75. The predicted molar refractivity (Wildman–Crippen MR) is 92.4 cm³/mol. The summed E-state index contributed by atoms with van der Waals surface area (Å²) < 4.78 is 12.2. The Morgan fingerprint density at radius 2 is 1.83 bits per heavy atom. The molecule has 0 bridgehead atoms. The number of halogens is 1. The number of hydrogen-bond donors (Lipinski definition) is 1. The van der Waals surface area contributed by atoms with Gasteiger partial charge in [-0.05, 0) is 58.6 Å². The smallest absolute Gasteiger partial charge is 0.399 e. The number of alkyl halides is 1. The van der Waals surface area contributed by atoms with Crippen LogP contribution in [-0.2, 0) is 9.31 Å². The molecule has 0 aromatic heterocycles. The van der Waals surface area contributed by atoms with Crippen molar-refractivity contribution in [3.05, 3.63) is 29.3 Å². The maximum atomic E-state index is 12.3. The van der Waals surface area contributed by atoms with Gasteiger partial charge in [0.2, 0.25) is 0 Å². The fourth-order valence-electron chi connectivity index (χ4n) is 2.57. The van der Waals surface area contributed by atoms with Crippen molar-refractivity contribution in [3.63, 3.8) is 0 Å². The van der Waals surface area contributed by atoms with Crippen LogP contribution < -0.4 is 10.8 Å². The highest BCUT2D eigenvalue weighted by atomic mass is 35.5. The quantitative estimate of drug-likeness (QED) is 0.681. The molecule has 1 heterocycles. The minimum Gasteiger partial charge on any atom is -0.399 e. The summed E-state index contributed by atoms with van der Waals surface area (Å²) in [7, 11) is -0.463. The van der Waals surface area contributed by atoms with Gasteiger partial charge in [0.05, 0.1) is 16.6 Å². The van der Waals surface area contributed by atoms with Gasteiger partial charge in [-0.1, -0.05) is 11.6 Å². The molecule has 6 heteroatoms. The lowest BCUT2D eigenvalue weighted by molar-refractivity contribution is 0.00578. The Bertz CT molecular complexity index is 631. The van der Waals surface area contributed by atoms with Crippen LogP contribution in [0.4, 0.5) is 0 Å². The molecular weight excluding hydrogens is 312 g/mol. The van der Waals surface area contributed by atoms with Crippen molar-refractivity contribution in [2.24, 2.45) is 0 Å². The van der Waals surface area contributed by atoms with E-state index in [0.717, 1.165) is 17.4 Å². The first-order chi connectivity index (χ1) is 10.6. The van der Waals surface area contributed by atoms with Gasteiger partial charge in [0.1, 0.15) is 0 Å². The van der Waals surface area contributed by atoms with E-state index in [1.54, 1.807) is 0 Å². The molecule has 1 saturated heterocycles. The fourth-order valence-corrected chi connectivity index (χ4v) is 2.83. The molecule has 2 aliphatic rings. The second-order valence-electron chi connectivity index (χ2n) is 7.49. The number of carbonyl (C=O) groups is 1. The van der Waals surface area contributed by atoms with E-state index in [2.05, 4.69) is 5.32 Å². The van der Waals surface area contributed by atoms with Crippen molar-refractivity contribution in [2.75, 3.05) is 0 Å². The third kappa shape index (κ3) is 3.15. The van der Waals surface area contributed by atoms with Crippen LogP contribution in [0.15, 0.2) is 18.2 Å². The first-order valence-electron chi connectivity index (χ1n) is 8.02. The van der Waals surface area contributed by atoms with E-state index in [0.29, 0.717) is 5.56 Å². The summed E-state index contributed by atoms with van der Waals surface area (Å²) in [4.78, 5) is 12.3. The molecule has 1 saturated carbocycles. The number of benzene rings is 1. The zero-order valence-electron chi connectivity index (χ0n) is 14.3. The van der Waals surface area contributed by atoms with E-state index in [1.165, 1.54) is 0 Å². The predicted octanol–water partition coefficient (Wildman–Crippen LogP) is 2.40. The molecule has 0 radical (unpaired) electrons. The maximum absolute atomic E-state index is 12.3. The number of nitrogens with one attached hydrogen (secondary N) is 1. The molecule has 2 atom stereocenters. The minimum atomic E-state index is -0.463. The number of aryl methyl sites for hydroxylation is 1. The molecule has 23 heavy (non-hydrogen) atoms. The molecule has 1 amide bonds. The van der Waals surface area contributed by atoms with Gasteiger partial charge in [0, 0.05) is 11.6 Å². The van der Waals surface area contributed by atoms with Gasteiger partial charge >= 0.3 is 7.12 Å². The number of rotatable bonds is 3. The van der Waals surface area contributed by atoms with Crippen LogP contribution in [0.1, 0.15) is 50.0 Å². The largest absolute Gasteiger partial charge is 0.495 e. The van der Waals surface area contributed by atoms with Crippen molar-refractivity contribution in [2.45, 2.75) is 63.7 Å². The van der Waals surface area contributed by atoms with E-state index in [9.17, 15) is 4.79 Å². The molecule has 1 aliphatic carbocycles. The lowest BCUT2D eigenvalue weighted by Crippen LogP contribution is -2.41. The van der Waals surface area contributed by atoms with Gasteiger partial charge < -0.3 is 14.6 Å². The lowest BCUT2D eigenvalue weighted by atomic mass is 9.75. The maximum Gasteiger partial charge on any atom is 0.495 e. The average molecular weight is 336 g/mol. The van der Waals surface area contributed by atoms with Gasteiger partial charge in [-0.2, -0.15) is 0 Å². The summed E-state index contributed by atoms with van der Waals surface area (Å²) >= 11 is 5.95. The van der Waals surface area contributed by atoms with Crippen LogP contribution in [0.2, 0.25) is 0 Å². The Morgan fingerprint density at radius 1 is 1.26 bits per heavy atom. The first-order valence-corrected chi connectivity index (χ1v) is 8.45. The third-order valence-corrected chi connectivity index (χ3v) is 5.56. The topological polar surface area (TPSA) is 47.6 Å². The minimum absolute atomic E-state index is 0.0620. The van der Waals surface area contributed by atoms with Crippen LogP contribution in [0.25, 0.3) is 0 Å². The van der Waals surface area contributed by atoms with Crippen LogP contribution >= 0.6 is 11.6 Å². The monoisotopic (exact) mass is 335 g/mol. The van der Waals surface area contributed by atoms with Crippen molar-refractivity contribution >= 4 is 30.1 Å². The van der Waals surface area contributed by atoms with Crippen molar-refractivity contribution < 1.29 is 14.1 Å². The Morgan fingerprint density at radius 3 is 2.35 bits per heavy atom. The molecule has 1 aromatic carbocycles. The van der Waals surface area contributed by atoms with E-state index in [4.69, 9.17) is 20.9 Å². The fraction of sp³-hybridized carbons (Fsp3) is 0.588. The molecule has 1 aromatic rings. The highest BCUT2D eigenvalue weighted by molar-refractivity contribution is 6.62. The highest BCUT2D eigenvalue weighted by Crippen LogP contribution is 2.36. The summed E-state index contributed by atoms with van der Waals surface area (Å²) in [6, 6.07) is 5.70. The number of amides is 1. The summed E-state index contributed by atoms with van der Waals surface area (Å²) in [6.45, 7) is 10.1. The van der Waals surface area contributed by atoms with E-state index in [1.807, 2.05) is 52.8 Å². The molecule has 3 rings (SSSR count). The van der Waals surface area contributed by atoms with Crippen molar-refractivity contribution in [1.82, 2.24) is 5.32 Å². The van der Waals surface area contributed by atoms with Crippen LogP contribution in [-0.4, -0.2) is 35.6 Å². The van der Waals surface area contributed by atoms with Gasteiger partial charge in [-0.3, -0.25) is 4.79 Å². The molecule has 2 fully saturated rings. The van der Waals surface area contributed by atoms with Crippen LogP contribution in [0.3, 0.4) is 0 Å².